The molecule has 1 aliphatic heterocycles. The van der Waals surface area contributed by atoms with Gasteiger partial charge in [-0.3, -0.25) is 9.59 Å². The highest BCUT2D eigenvalue weighted by atomic mass is 19.4. The van der Waals surface area contributed by atoms with Crippen LogP contribution >= 0.6 is 0 Å². The zero-order chi connectivity index (χ0) is 21.2. The lowest BCUT2D eigenvalue weighted by atomic mass is 10.0. The van der Waals surface area contributed by atoms with E-state index >= 15 is 0 Å². The van der Waals surface area contributed by atoms with Gasteiger partial charge in [0, 0.05) is 25.2 Å². The molecule has 1 atom stereocenters. The minimum Gasteiger partial charge on any atom is -0.352 e. The molecule has 2 amide bonds. The Morgan fingerprint density at radius 1 is 1.14 bits per heavy atom. The van der Waals surface area contributed by atoms with E-state index in [4.69, 9.17) is 0 Å². The average molecular weight is 404 g/mol. The molecular formula is C22H23F3N2O2. The summed E-state index contributed by atoms with van der Waals surface area (Å²) >= 11 is 0. The lowest BCUT2D eigenvalue weighted by Crippen LogP contribution is -2.33. The number of nitrogens with zero attached hydrogens (tertiary/aromatic N) is 1. The fourth-order valence-electron chi connectivity index (χ4n) is 3.45. The monoisotopic (exact) mass is 404 g/mol. The molecule has 154 valence electrons. The zero-order valence-electron chi connectivity index (χ0n) is 16.3. The number of rotatable bonds is 5. The number of hydrogen-bond donors (Lipinski definition) is 1. The topological polar surface area (TPSA) is 49.4 Å². The molecule has 29 heavy (non-hydrogen) atoms. The van der Waals surface area contributed by atoms with Crippen LogP contribution in [-0.4, -0.2) is 18.4 Å². The van der Waals surface area contributed by atoms with Gasteiger partial charge < -0.3 is 10.2 Å². The van der Waals surface area contributed by atoms with Crippen molar-refractivity contribution in [3.63, 3.8) is 0 Å². The highest BCUT2D eigenvalue weighted by Gasteiger charge is 2.36. The first-order chi connectivity index (χ1) is 13.7. The molecule has 1 N–H and O–H groups in total. The van der Waals surface area contributed by atoms with Gasteiger partial charge in [-0.2, -0.15) is 13.2 Å². The molecule has 1 heterocycles. The van der Waals surface area contributed by atoms with Crippen LogP contribution in [0.25, 0.3) is 0 Å². The molecule has 0 radical (unpaired) electrons. The third-order valence-corrected chi connectivity index (χ3v) is 5.14. The molecule has 2 aromatic rings. The molecule has 3 rings (SSSR count). The van der Waals surface area contributed by atoms with E-state index in [0.29, 0.717) is 5.92 Å². The van der Waals surface area contributed by atoms with Crippen molar-refractivity contribution >= 4 is 17.5 Å². The minimum absolute atomic E-state index is 0.00111. The van der Waals surface area contributed by atoms with Crippen molar-refractivity contribution in [2.75, 3.05) is 11.4 Å². The Morgan fingerprint density at radius 2 is 1.79 bits per heavy atom. The quantitative estimate of drug-likeness (QED) is 0.798. The maximum atomic E-state index is 13.1. The number of carbonyl (C=O) groups is 2. The summed E-state index contributed by atoms with van der Waals surface area (Å²) in [6.07, 6.45) is -4.44. The van der Waals surface area contributed by atoms with Crippen molar-refractivity contribution < 1.29 is 22.8 Å². The summed E-state index contributed by atoms with van der Waals surface area (Å²) in [5.74, 6) is -0.809. The van der Waals surface area contributed by atoms with Gasteiger partial charge in [0.05, 0.1) is 11.5 Å². The molecule has 0 aromatic heterocycles. The number of anilines is 1. The van der Waals surface area contributed by atoms with Crippen LogP contribution in [0.3, 0.4) is 0 Å². The lowest BCUT2D eigenvalue weighted by Gasteiger charge is -2.18. The van der Waals surface area contributed by atoms with E-state index < -0.39 is 23.6 Å². The van der Waals surface area contributed by atoms with E-state index in [1.165, 1.54) is 18.2 Å². The van der Waals surface area contributed by atoms with E-state index in [0.717, 1.165) is 17.3 Å². The Kier molecular flexibility index (Phi) is 5.96. The number of hydrogen-bond acceptors (Lipinski definition) is 2. The van der Waals surface area contributed by atoms with Gasteiger partial charge >= 0.3 is 6.18 Å². The first-order valence-corrected chi connectivity index (χ1v) is 9.50. The van der Waals surface area contributed by atoms with Crippen LogP contribution in [0.5, 0.6) is 0 Å². The maximum Gasteiger partial charge on any atom is 0.416 e. The van der Waals surface area contributed by atoms with Gasteiger partial charge in [-0.05, 0) is 35.2 Å². The van der Waals surface area contributed by atoms with Gasteiger partial charge in [0.15, 0.2) is 0 Å². The summed E-state index contributed by atoms with van der Waals surface area (Å²) in [5.41, 5.74) is 1.10. The van der Waals surface area contributed by atoms with Crippen molar-refractivity contribution in [2.45, 2.75) is 38.9 Å². The van der Waals surface area contributed by atoms with Crippen molar-refractivity contribution in [2.24, 2.45) is 5.92 Å². The van der Waals surface area contributed by atoms with Crippen molar-refractivity contribution in [1.82, 2.24) is 5.32 Å². The van der Waals surface area contributed by atoms with Crippen LogP contribution < -0.4 is 10.2 Å². The van der Waals surface area contributed by atoms with E-state index in [1.807, 2.05) is 24.3 Å². The Balaban J connectivity index is 1.64. The van der Waals surface area contributed by atoms with E-state index in [-0.39, 0.29) is 31.0 Å². The second-order valence-corrected chi connectivity index (χ2v) is 7.52. The van der Waals surface area contributed by atoms with Crippen LogP contribution in [0.2, 0.25) is 0 Å². The predicted octanol–water partition coefficient (Wildman–Crippen LogP) is 4.50. The maximum absolute atomic E-state index is 13.1. The Bertz CT molecular complexity index is 892. The number of carbonyl (C=O) groups excluding carboxylic acids is 2. The van der Waals surface area contributed by atoms with Gasteiger partial charge in [-0.1, -0.05) is 44.2 Å². The fourth-order valence-corrected chi connectivity index (χ4v) is 3.45. The van der Waals surface area contributed by atoms with Crippen molar-refractivity contribution in [1.29, 1.82) is 0 Å². The second-order valence-electron chi connectivity index (χ2n) is 7.52. The molecule has 1 fully saturated rings. The third-order valence-electron chi connectivity index (χ3n) is 5.14. The lowest BCUT2D eigenvalue weighted by molar-refractivity contribution is -0.138. The number of benzene rings is 2. The molecule has 1 unspecified atom stereocenters. The van der Waals surface area contributed by atoms with E-state index in [9.17, 15) is 22.8 Å². The zero-order valence-corrected chi connectivity index (χ0v) is 16.3. The van der Waals surface area contributed by atoms with Gasteiger partial charge in [0.2, 0.25) is 11.8 Å². The summed E-state index contributed by atoms with van der Waals surface area (Å²) in [7, 11) is 0. The Hall–Kier alpha value is -2.83. The van der Waals surface area contributed by atoms with Gasteiger partial charge in [-0.15, -0.1) is 0 Å². The van der Waals surface area contributed by atoms with Gasteiger partial charge in [0.1, 0.15) is 0 Å². The van der Waals surface area contributed by atoms with Gasteiger partial charge in [-0.25, -0.2) is 0 Å². The van der Waals surface area contributed by atoms with Crippen molar-refractivity contribution in [3.8, 4) is 0 Å². The minimum atomic E-state index is -4.48. The molecule has 7 heteroatoms. The SMILES string of the molecule is CC(C)c1ccc(N2CC(C(=O)NCc3ccccc3C(F)(F)F)CC2=O)cc1. The number of amides is 2. The second kappa shape index (κ2) is 8.27. The Labute approximate surface area is 167 Å². The smallest absolute Gasteiger partial charge is 0.352 e. The van der Waals surface area contributed by atoms with Crippen molar-refractivity contribution in [3.05, 3.63) is 65.2 Å². The predicted molar refractivity (Wildman–Crippen MR) is 104 cm³/mol. The standard InChI is InChI=1S/C22H23F3N2O2/c1-14(2)15-7-9-18(10-8-15)27-13-17(11-20(27)28)21(29)26-12-16-5-3-4-6-19(16)22(23,24)25/h3-10,14,17H,11-13H2,1-2H3,(H,26,29). The summed E-state index contributed by atoms with van der Waals surface area (Å²) in [5, 5.41) is 2.55. The molecule has 0 saturated carbocycles. The molecule has 2 aromatic carbocycles. The summed E-state index contributed by atoms with van der Waals surface area (Å²) < 4.78 is 39.2. The van der Waals surface area contributed by atoms with Crippen LogP contribution in [0.4, 0.5) is 18.9 Å². The average Bonchev–Trinajstić information content (AvgIpc) is 3.07. The summed E-state index contributed by atoms with van der Waals surface area (Å²) in [6.45, 7) is 4.13. The number of nitrogens with one attached hydrogen (secondary N) is 1. The highest BCUT2D eigenvalue weighted by Crippen LogP contribution is 2.32. The number of alkyl halides is 3. The van der Waals surface area contributed by atoms with Crippen LogP contribution in [0, 0.1) is 5.92 Å². The largest absolute Gasteiger partial charge is 0.416 e. The molecule has 0 aliphatic carbocycles. The van der Waals surface area contributed by atoms with Crippen LogP contribution in [0.15, 0.2) is 48.5 Å². The molecule has 4 nitrogen and oxygen atoms in total. The van der Waals surface area contributed by atoms with Crippen LogP contribution in [0.1, 0.15) is 42.9 Å². The fraction of sp³-hybridized carbons (Fsp3) is 0.364. The van der Waals surface area contributed by atoms with E-state index in [2.05, 4.69) is 19.2 Å². The third kappa shape index (κ3) is 4.78. The normalized spacial score (nSPS) is 17.1. The van der Waals surface area contributed by atoms with Gasteiger partial charge in [0.25, 0.3) is 0 Å². The molecule has 1 aliphatic rings. The summed E-state index contributed by atoms with van der Waals surface area (Å²) in [4.78, 5) is 26.4. The highest BCUT2D eigenvalue weighted by molar-refractivity contribution is 6.00. The summed E-state index contributed by atoms with van der Waals surface area (Å²) in [6, 6.07) is 12.8. The first-order valence-electron chi connectivity index (χ1n) is 9.50. The molecule has 0 spiro atoms. The molecule has 1 saturated heterocycles. The molecule has 0 bridgehead atoms. The first kappa shape index (κ1) is 20.9. The molecular weight excluding hydrogens is 381 g/mol. The Morgan fingerprint density at radius 3 is 2.41 bits per heavy atom. The van der Waals surface area contributed by atoms with E-state index in [1.54, 1.807) is 4.90 Å². The number of halogens is 3. The van der Waals surface area contributed by atoms with Crippen LogP contribution in [-0.2, 0) is 22.3 Å².